The van der Waals surface area contributed by atoms with Crippen LogP contribution in [-0.2, 0) is 11.2 Å². The first kappa shape index (κ1) is 13.7. The van der Waals surface area contributed by atoms with Crippen molar-refractivity contribution in [3.05, 3.63) is 51.6 Å². The summed E-state index contributed by atoms with van der Waals surface area (Å²) < 4.78 is 6.50. The lowest BCUT2D eigenvalue weighted by atomic mass is 10.1. The van der Waals surface area contributed by atoms with E-state index in [0.717, 1.165) is 9.13 Å². The molecule has 2 aromatic carbocycles. The van der Waals surface area contributed by atoms with Crippen molar-refractivity contribution in [2.45, 2.75) is 6.42 Å². The molecule has 0 aliphatic rings. The Kier molecular flexibility index (Phi) is 4.26. The maximum absolute atomic E-state index is 10.6. The van der Waals surface area contributed by atoms with E-state index in [9.17, 15) is 9.90 Å². The van der Waals surface area contributed by atoms with E-state index in [1.807, 2.05) is 0 Å². The average Bonchev–Trinajstić information content (AvgIpc) is 2.34. The first-order valence-corrected chi connectivity index (χ1v) is 6.59. The molecule has 0 saturated carbocycles. The first-order valence-electron chi connectivity index (χ1n) is 5.52. The quantitative estimate of drug-likeness (QED) is 0.803. The summed E-state index contributed by atoms with van der Waals surface area (Å²) in [5.41, 5.74) is 0.731. The molecule has 4 nitrogen and oxygen atoms in total. The van der Waals surface area contributed by atoms with Gasteiger partial charge in [0, 0.05) is 0 Å². The summed E-state index contributed by atoms with van der Waals surface area (Å²) >= 11 is 2.10. The van der Waals surface area contributed by atoms with Gasteiger partial charge in [0.25, 0.3) is 0 Å². The number of benzene rings is 2. The summed E-state index contributed by atoms with van der Waals surface area (Å²) in [6.45, 7) is 0. The van der Waals surface area contributed by atoms with E-state index in [2.05, 4.69) is 22.6 Å². The van der Waals surface area contributed by atoms with Crippen LogP contribution < -0.4 is 4.74 Å². The molecule has 0 amide bonds. The van der Waals surface area contributed by atoms with Gasteiger partial charge in [0.2, 0.25) is 0 Å². The Morgan fingerprint density at radius 3 is 2.42 bits per heavy atom. The second kappa shape index (κ2) is 5.92. The molecule has 0 saturated heterocycles. The standard InChI is InChI=1S/C14H11IO4/c15-12-7-9(8-14(17)18)1-6-13(12)19-11-4-2-10(16)3-5-11/h1-7,16H,8H2,(H,17,18)/i2+1,3+1,4+1,5+1,10+1,11+1. The van der Waals surface area contributed by atoms with Crippen molar-refractivity contribution >= 4 is 28.6 Å². The number of hydrogen-bond donors (Lipinski definition) is 2. The minimum atomic E-state index is -0.858. The third-order valence-corrected chi connectivity index (χ3v) is 3.26. The van der Waals surface area contributed by atoms with Gasteiger partial charge >= 0.3 is 5.97 Å². The molecule has 0 heterocycles. The predicted octanol–water partition coefficient (Wildman–Crippen LogP) is 3.42. The molecule has 2 rings (SSSR count). The maximum atomic E-state index is 10.6. The number of aliphatic carboxylic acids is 1. The van der Waals surface area contributed by atoms with Gasteiger partial charge in [-0.1, -0.05) is 6.07 Å². The molecule has 2 aromatic rings. The molecule has 0 aliphatic carbocycles. The van der Waals surface area contributed by atoms with E-state index in [1.165, 1.54) is 0 Å². The van der Waals surface area contributed by atoms with Gasteiger partial charge in [-0.25, -0.2) is 0 Å². The molecule has 0 fully saturated rings. The lowest BCUT2D eigenvalue weighted by Crippen LogP contribution is -2.00. The topological polar surface area (TPSA) is 66.8 Å². The summed E-state index contributed by atoms with van der Waals surface area (Å²) in [5.74, 6) is 0.587. The maximum Gasteiger partial charge on any atom is 0.307 e. The zero-order valence-corrected chi connectivity index (χ0v) is 12.0. The highest BCUT2D eigenvalue weighted by Crippen LogP contribution is 2.28. The molecular weight excluding hydrogens is 365 g/mol. The van der Waals surface area contributed by atoms with Crippen LogP contribution in [0.2, 0.25) is 0 Å². The van der Waals surface area contributed by atoms with E-state index in [1.54, 1.807) is 42.5 Å². The molecule has 0 spiro atoms. The normalized spacial score (nSPS) is 10.2. The molecule has 19 heavy (non-hydrogen) atoms. The highest BCUT2D eigenvalue weighted by atomic mass is 127. The fourth-order valence-corrected chi connectivity index (χ4v) is 2.24. The van der Waals surface area contributed by atoms with E-state index in [-0.39, 0.29) is 12.2 Å². The summed E-state index contributed by atoms with van der Waals surface area (Å²) in [6, 6.07) is 11.7. The van der Waals surface area contributed by atoms with Crippen LogP contribution >= 0.6 is 22.6 Å². The minimum Gasteiger partial charge on any atom is -0.508 e. The number of carbonyl (C=O) groups is 1. The van der Waals surface area contributed by atoms with Crippen LogP contribution in [0.3, 0.4) is 0 Å². The van der Waals surface area contributed by atoms with Crippen molar-refractivity contribution in [3.8, 4) is 17.2 Å². The van der Waals surface area contributed by atoms with E-state index < -0.39 is 5.97 Å². The highest BCUT2D eigenvalue weighted by Gasteiger charge is 2.06. The van der Waals surface area contributed by atoms with E-state index in [4.69, 9.17) is 9.84 Å². The Labute approximate surface area is 123 Å². The summed E-state index contributed by atoms with van der Waals surface area (Å²) in [7, 11) is 0. The van der Waals surface area contributed by atoms with Crippen molar-refractivity contribution in [1.29, 1.82) is 0 Å². The number of phenols is 1. The minimum absolute atomic E-state index is 0.00447. The number of carboxylic acids is 1. The molecule has 0 radical (unpaired) electrons. The molecule has 0 unspecified atom stereocenters. The van der Waals surface area contributed by atoms with Gasteiger partial charge in [-0.15, -0.1) is 0 Å². The Bertz CT molecular complexity index is 593. The number of ether oxygens (including phenoxy) is 1. The van der Waals surface area contributed by atoms with Crippen molar-refractivity contribution in [2.75, 3.05) is 0 Å². The van der Waals surface area contributed by atoms with Crippen LogP contribution in [0, 0.1) is 3.57 Å². The van der Waals surface area contributed by atoms with E-state index in [0.29, 0.717) is 11.5 Å². The van der Waals surface area contributed by atoms with Crippen LogP contribution in [0.5, 0.6) is 17.2 Å². The van der Waals surface area contributed by atoms with Crippen LogP contribution in [0.15, 0.2) is 42.5 Å². The van der Waals surface area contributed by atoms with Crippen LogP contribution in [0.25, 0.3) is 0 Å². The average molecular weight is 376 g/mol. The first-order chi connectivity index (χ1) is 9.04. The SMILES string of the molecule is O=C(O)Cc1ccc(O[13c]2[13cH][13cH][13c](O)[13cH][13cH]2)c(I)c1. The van der Waals surface area contributed by atoms with Crippen LogP contribution in [0.1, 0.15) is 5.56 Å². The van der Waals surface area contributed by atoms with Crippen molar-refractivity contribution in [2.24, 2.45) is 0 Å². The second-order valence-corrected chi connectivity index (χ2v) is 5.09. The van der Waals surface area contributed by atoms with Crippen LogP contribution in [-0.4, -0.2) is 16.2 Å². The molecule has 0 bridgehead atoms. The summed E-state index contributed by atoms with van der Waals surface area (Å²) in [4.78, 5) is 10.6. The fraction of sp³-hybridized carbons (Fsp3) is 0.0714. The molecule has 98 valence electrons. The number of aromatic hydroxyl groups is 1. The molecule has 2 N–H and O–H groups in total. The number of carboxylic acid groups (broad SMARTS) is 1. The summed E-state index contributed by atoms with van der Waals surface area (Å²) in [6.07, 6.45) is -0.00447. The Balaban J connectivity index is 2.17. The van der Waals surface area contributed by atoms with Crippen molar-refractivity contribution in [1.82, 2.24) is 0 Å². The van der Waals surface area contributed by atoms with E-state index >= 15 is 0 Å². The third kappa shape index (κ3) is 3.85. The zero-order chi connectivity index (χ0) is 13.8. The Morgan fingerprint density at radius 1 is 1.16 bits per heavy atom. The van der Waals surface area contributed by atoms with Crippen molar-refractivity contribution in [3.63, 3.8) is 0 Å². The van der Waals surface area contributed by atoms with Gasteiger partial charge < -0.3 is 14.9 Å². The van der Waals surface area contributed by atoms with Gasteiger partial charge in [-0.05, 0) is 64.6 Å². The summed E-state index contributed by atoms with van der Waals surface area (Å²) in [5, 5.41) is 17.9. The van der Waals surface area contributed by atoms with Gasteiger partial charge in [0.05, 0.1) is 9.99 Å². The van der Waals surface area contributed by atoms with Gasteiger partial charge in [-0.2, -0.15) is 0 Å². The molecular formula is C14H11IO4. The van der Waals surface area contributed by atoms with Crippen LogP contribution in [0.4, 0.5) is 0 Å². The largest absolute Gasteiger partial charge is 0.508 e. The Morgan fingerprint density at radius 2 is 1.84 bits per heavy atom. The fourth-order valence-electron chi connectivity index (χ4n) is 1.55. The number of phenolic OH excluding ortho intramolecular Hbond substituents is 1. The van der Waals surface area contributed by atoms with Gasteiger partial charge in [0.15, 0.2) is 0 Å². The van der Waals surface area contributed by atoms with Gasteiger partial charge in [0.1, 0.15) is 17.2 Å². The zero-order valence-electron chi connectivity index (χ0n) is 9.84. The molecule has 5 heteroatoms. The highest BCUT2D eigenvalue weighted by molar-refractivity contribution is 14.1. The molecule has 0 atom stereocenters. The second-order valence-electron chi connectivity index (χ2n) is 3.93. The molecule has 0 aromatic heterocycles. The monoisotopic (exact) mass is 376 g/mol. The number of rotatable bonds is 4. The number of hydrogen-bond acceptors (Lipinski definition) is 3. The molecule has 0 aliphatic heterocycles. The smallest absolute Gasteiger partial charge is 0.307 e. The Hall–Kier alpha value is -1.76. The van der Waals surface area contributed by atoms with Crippen molar-refractivity contribution < 1.29 is 19.7 Å². The number of halogens is 1. The predicted molar refractivity (Wildman–Crippen MR) is 78.7 cm³/mol. The van der Waals surface area contributed by atoms with Gasteiger partial charge in [-0.3, -0.25) is 4.79 Å². The lowest BCUT2D eigenvalue weighted by molar-refractivity contribution is -0.136. The third-order valence-electron chi connectivity index (χ3n) is 2.42. The lowest BCUT2D eigenvalue weighted by Gasteiger charge is -2.09.